The van der Waals surface area contributed by atoms with Crippen molar-refractivity contribution in [2.24, 2.45) is 0 Å². The lowest BCUT2D eigenvalue weighted by Crippen LogP contribution is -2.48. The summed E-state index contributed by atoms with van der Waals surface area (Å²) in [6, 6.07) is 15.7. The van der Waals surface area contributed by atoms with Crippen molar-refractivity contribution in [1.82, 2.24) is 4.90 Å². The molecular formula is C23H26N2O4. The normalized spacial score (nSPS) is 17.4. The van der Waals surface area contributed by atoms with Gasteiger partial charge in [0.25, 0.3) is 5.91 Å². The Morgan fingerprint density at radius 3 is 2.59 bits per heavy atom. The second kappa shape index (κ2) is 9.37. The smallest absolute Gasteiger partial charge is 0.326 e. The number of carbonyl (C=O) groups is 3. The standard InChI is InChI=1S/C23H26N2O4/c1-16(17-8-3-2-4-9-17)14-21(26)24-19-11-7-10-18(15-19)22(27)25-13-6-5-12-20(25)23(28)29/h2-4,7-11,15-16,20H,5-6,12-14H2,1H3,(H,24,26)(H,28,29). The van der Waals surface area contributed by atoms with E-state index in [1.807, 2.05) is 37.3 Å². The topological polar surface area (TPSA) is 86.7 Å². The van der Waals surface area contributed by atoms with Crippen LogP contribution in [0.25, 0.3) is 0 Å². The van der Waals surface area contributed by atoms with Gasteiger partial charge in [-0.15, -0.1) is 0 Å². The van der Waals surface area contributed by atoms with E-state index in [9.17, 15) is 19.5 Å². The third-order valence-electron chi connectivity index (χ3n) is 5.30. The van der Waals surface area contributed by atoms with Gasteiger partial charge in [-0.3, -0.25) is 9.59 Å². The molecule has 6 nitrogen and oxygen atoms in total. The highest BCUT2D eigenvalue weighted by Crippen LogP contribution is 2.22. The molecule has 6 heteroatoms. The molecule has 0 bridgehead atoms. The van der Waals surface area contributed by atoms with E-state index in [1.165, 1.54) is 4.90 Å². The molecule has 0 aromatic heterocycles. The maximum atomic E-state index is 12.9. The molecule has 2 unspecified atom stereocenters. The molecule has 2 aromatic rings. The Hall–Kier alpha value is -3.15. The molecule has 0 spiro atoms. The van der Waals surface area contributed by atoms with Crippen LogP contribution < -0.4 is 5.32 Å². The molecule has 152 valence electrons. The van der Waals surface area contributed by atoms with Gasteiger partial charge in [-0.25, -0.2) is 4.79 Å². The minimum Gasteiger partial charge on any atom is -0.480 e. The van der Waals surface area contributed by atoms with Crippen LogP contribution in [0.15, 0.2) is 54.6 Å². The predicted octanol–water partition coefficient (Wildman–Crippen LogP) is 3.90. The number of nitrogens with zero attached hydrogens (tertiary/aromatic N) is 1. The molecule has 3 rings (SSSR count). The number of hydrogen-bond donors (Lipinski definition) is 2. The zero-order valence-corrected chi connectivity index (χ0v) is 16.5. The predicted molar refractivity (Wildman–Crippen MR) is 111 cm³/mol. The van der Waals surface area contributed by atoms with Gasteiger partial charge in [-0.05, 0) is 48.9 Å². The Morgan fingerprint density at radius 2 is 1.86 bits per heavy atom. The molecule has 0 radical (unpaired) electrons. The Bertz CT molecular complexity index is 881. The third kappa shape index (κ3) is 5.22. The van der Waals surface area contributed by atoms with Gasteiger partial charge in [0, 0.05) is 24.2 Å². The highest BCUT2D eigenvalue weighted by Gasteiger charge is 2.32. The number of rotatable bonds is 6. The number of piperidine rings is 1. The number of carboxylic acid groups (broad SMARTS) is 1. The number of amides is 2. The van der Waals surface area contributed by atoms with Crippen LogP contribution in [0.3, 0.4) is 0 Å². The minimum atomic E-state index is -0.975. The molecule has 1 fully saturated rings. The van der Waals surface area contributed by atoms with Crippen molar-refractivity contribution in [2.45, 2.75) is 44.6 Å². The summed E-state index contributed by atoms with van der Waals surface area (Å²) in [6.45, 7) is 2.43. The second-order valence-corrected chi connectivity index (χ2v) is 7.49. The number of anilines is 1. The fourth-order valence-corrected chi connectivity index (χ4v) is 3.72. The molecular weight excluding hydrogens is 368 g/mol. The van der Waals surface area contributed by atoms with E-state index in [-0.39, 0.29) is 17.7 Å². The van der Waals surface area contributed by atoms with Gasteiger partial charge < -0.3 is 15.3 Å². The van der Waals surface area contributed by atoms with Gasteiger partial charge >= 0.3 is 5.97 Å². The van der Waals surface area contributed by atoms with E-state index >= 15 is 0 Å². The van der Waals surface area contributed by atoms with E-state index in [1.54, 1.807) is 24.3 Å². The molecule has 1 aliphatic heterocycles. The zero-order valence-electron chi connectivity index (χ0n) is 16.5. The summed E-state index contributed by atoms with van der Waals surface area (Å²) in [5, 5.41) is 12.3. The summed E-state index contributed by atoms with van der Waals surface area (Å²) < 4.78 is 0. The summed E-state index contributed by atoms with van der Waals surface area (Å²) in [6.07, 6.45) is 2.39. The third-order valence-corrected chi connectivity index (χ3v) is 5.30. The number of carbonyl (C=O) groups excluding carboxylic acids is 2. The maximum Gasteiger partial charge on any atom is 0.326 e. The maximum absolute atomic E-state index is 12.9. The second-order valence-electron chi connectivity index (χ2n) is 7.49. The number of benzene rings is 2. The van der Waals surface area contributed by atoms with Crippen molar-refractivity contribution >= 4 is 23.5 Å². The summed E-state index contributed by atoms with van der Waals surface area (Å²) in [7, 11) is 0. The summed E-state index contributed by atoms with van der Waals surface area (Å²) in [5.74, 6) is -1.35. The SMILES string of the molecule is CC(CC(=O)Nc1cccc(C(=O)N2CCCCC2C(=O)O)c1)c1ccccc1. The lowest BCUT2D eigenvalue weighted by atomic mass is 9.97. The van der Waals surface area contributed by atoms with Crippen LogP contribution in [0, 0.1) is 0 Å². The van der Waals surface area contributed by atoms with E-state index in [0.29, 0.717) is 30.6 Å². The van der Waals surface area contributed by atoms with Crippen LogP contribution in [0.4, 0.5) is 5.69 Å². The molecule has 2 amide bonds. The molecule has 0 aliphatic carbocycles. The molecule has 2 aromatic carbocycles. The summed E-state index contributed by atoms with van der Waals surface area (Å²) in [5.41, 5.74) is 2.01. The monoisotopic (exact) mass is 394 g/mol. The summed E-state index contributed by atoms with van der Waals surface area (Å²) in [4.78, 5) is 38.2. The van der Waals surface area contributed by atoms with Crippen molar-refractivity contribution in [1.29, 1.82) is 0 Å². The number of likely N-dealkylation sites (tertiary alicyclic amines) is 1. The first-order valence-corrected chi connectivity index (χ1v) is 9.94. The first kappa shape index (κ1) is 20.6. The number of aliphatic carboxylic acids is 1. The van der Waals surface area contributed by atoms with E-state index in [2.05, 4.69) is 5.32 Å². The van der Waals surface area contributed by atoms with Crippen LogP contribution in [0.1, 0.15) is 54.4 Å². The number of hydrogen-bond acceptors (Lipinski definition) is 3. The van der Waals surface area contributed by atoms with Gasteiger partial charge in [-0.1, -0.05) is 43.3 Å². The Labute approximate surface area is 170 Å². The molecule has 1 aliphatic rings. The van der Waals surface area contributed by atoms with Crippen LogP contribution in [0.2, 0.25) is 0 Å². The highest BCUT2D eigenvalue weighted by molar-refractivity contribution is 5.99. The van der Waals surface area contributed by atoms with Gasteiger partial charge in [0.1, 0.15) is 6.04 Å². The number of nitrogens with one attached hydrogen (secondary N) is 1. The molecule has 1 saturated heterocycles. The summed E-state index contributed by atoms with van der Waals surface area (Å²) >= 11 is 0. The first-order valence-electron chi connectivity index (χ1n) is 9.94. The van der Waals surface area contributed by atoms with Crippen molar-refractivity contribution < 1.29 is 19.5 Å². The van der Waals surface area contributed by atoms with Crippen LogP contribution in [0.5, 0.6) is 0 Å². The van der Waals surface area contributed by atoms with Gasteiger partial charge in [0.05, 0.1) is 0 Å². The van der Waals surface area contributed by atoms with Gasteiger partial charge in [0.15, 0.2) is 0 Å². The van der Waals surface area contributed by atoms with Crippen molar-refractivity contribution in [3.63, 3.8) is 0 Å². The lowest BCUT2D eigenvalue weighted by molar-refractivity contribution is -0.143. The van der Waals surface area contributed by atoms with Crippen molar-refractivity contribution in [2.75, 3.05) is 11.9 Å². The van der Waals surface area contributed by atoms with Gasteiger partial charge in [-0.2, -0.15) is 0 Å². The largest absolute Gasteiger partial charge is 0.480 e. The van der Waals surface area contributed by atoms with Crippen LogP contribution >= 0.6 is 0 Å². The van der Waals surface area contributed by atoms with E-state index in [0.717, 1.165) is 18.4 Å². The fourth-order valence-electron chi connectivity index (χ4n) is 3.72. The molecule has 2 N–H and O–H groups in total. The molecule has 0 saturated carbocycles. The lowest BCUT2D eigenvalue weighted by Gasteiger charge is -2.33. The van der Waals surface area contributed by atoms with Crippen LogP contribution in [-0.4, -0.2) is 40.4 Å². The number of carboxylic acids is 1. The zero-order chi connectivity index (χ0) is 20.8. The highest BCUT2D eigenvalue weighted by atomic mass is 16.4. The van der Waals surface area contributed by atoms with E-state index < -0.39 is 12.0 Å². The Kier molecular flexibility index (Phi) is 6.65. The molecule has 2 atom stereocenters. The van der Waals surface area contributed by atoms with E-state index in [4.69, 9.17) is 0 Å². The first-order chi connectivity index (χ1) is 14.0. The molecule has 29 heavy (non-hydrogen) atoms. The Morgan fingerprint density at radius 1 is 1.10 bits per heavy atom. The minimum absolute atomic E-state index is 0.0747. The Balaban J connectivity index is 1.66. The van der Waals surface area contributed by atoms with Crippen LogP contribution in [-0.2, 0) is 9.59 Å². The van der Waals surface area contributed by atoms with Crippen molar-refractivity contribution in [3.8, 4) is 0 Å². The molecule has 1 heterocycles. The average molecular weight is 394 g/mol. The van der Waals surface area contributed by atoms with Crippen molar-refractivity contribution in [3.05, 3.63) is 65.7 Å². The fraction of sp³-hybridized carbons (Fsp3) is 0.348. The van der Waals surface area contributed by atoms with Gasteiger partial charge in [0.2, 0.25) is 5.91 Å². The average Bonchev–Trinajstić information content (AvgIpc) is 2.74. The quantitative estimate of drug-likeness (QED) is 0.778.